The Balaban J connectivity index is 2.17. The van der Waals surface area contributed by atoms with Crippen LogP contribution < -0.4 is 10.6 Å². The van der Waals surface area contributed by atoms with Gasteiger partial charge in [0.2, 0.25) is 0 Å². The molecular weight excluding hydrogens is 240 g/mol. The van der Waals surface area contributed by atoms with Crippen molar-refractivity contribution in [3.8, 4) is 0 Å². The van der Waals surface area contributed by atoms with E-state index in [9.17, 15) is 0 Å². The summed E-state index contributed by atoms with van der Waals surface area (Å²) in [6.45, 7) is 9.91. The molecule has 1 fully saturated rings. The maximum atomic E-state index is 5.61. The van der Waals surface area contributed by atoms with Crippen LogP contribution in [0.2, 0.25) is 0 Å². The Morgan fingerprint density at radius 2 is 1.94 bits per heavy atom. The molecular formula is C15H24N2S. The van der Waals surface area contributed by atoms with E-state index in [4.69, 9.17) is 5.73 Å². The van der Waals surface area contributed by atoms with Crippen molar-refractivity contribution in [2.75, 3.05) is 24.5 Å². The number of hydrogen-bond acceptors (Lipinski definition) is 3. The SMILES string of the molecule is Cc1cc(CCN)ccc1N1CC(C)SC(C)C1. The van der Waals surface area contributed by atoms with Crippen molar-refractivity contribution in [3.05, 3.63) is 29.3 Å². The fourth-order valence-electron chi connectivity index (χ4n) is 2.77. The summed E-state index contributed by atoms with van der Waals surface area (Å²) in [4.78, 5) is 2.54. The van der Waals surface area contributed by atoms with E-state index in [0.717, 1.165) is 36.6 Å². The van der Waals surface area contributed by atoms with Crippen molar-refractivity contribution in [1.82, 2.24) is 0 Å². The number of anilines is 1. The van der Waals surface area contributed by atoms with Gasteiger partial charge in [0.1, 0.15) is 0 Å². The Labute approximate surface area is 115 Å². The van der Waals surface area contributed by atoms with E-state index in [1.165, 1.54) is 16.8 Å². The summed E-state index contributed by atoms with van der Waals surface area (Å²) >= 11 is 2.10. The summed E-state index contributed by atoms with van der Waals surface area (Å²) in [5.41, 5.74) is 9.75. The third-order valence-electron chi connectivity index (χ3n) is 3.45. The van der Waals surface area contributed by atoms with Crippen LogP contribution in [0.25, 0.3) is 0 Å². The third kappa shape index (κ3) is 3.21. The van der Waals surface area contributed by atoms with Gasteiger partial charge in [-0.1, -0.05) is 26.0 Å². The van der Waals surface area contributed by atoms with E-state index in [1.54, 1.807) is 0 Å². The Bertz CT molecular complexity index is 395. The second-order valence-electron chi connectivity index (χ2n) is 5.32. The molecule has 18 heavy (non-hydrogen) atoms. The molecule has 0 spiro atoms. The Kier molecular flexibility index (Phi) is 4.57. The fraction of sp³-hybridized carbons (Fsp3) is 0.600. The van der Waals surface area contributed by atoms with E-state index in [-0.39, 0.29) is 0 Å². The lowest BCUT2D eigenvalue weighted by Gasteiger charge is -2.37. The molecule has 3 heteroatoms. The first kappa shape index (κ1) is 13.8. The first-order valence-electron chi connectivity index (χ1n) is 6.80. The van der Waals surface area contributed by atoms with Gasteiger partial charge in [0.25, 0.3) is 0 Å². The number of nitrogens with two attached hydrogens (primary N) is 1. The highest BCUT2D eigenvalue weighted by Gasteiger charge is 2.23. The van der Waals surface area contributed by atoms with Gasteiger partial charge in [-0.25, -0.2) is 0 Å². The highest BCUT2D eigenvalue weighted by atomic mass is 32.2. The normalized spacial score (nSPS) is 24.3. The van der Waals surface area contributed by atoms with Crippen LogP contribution in [-0.2, 0) is 6.42 Å². The van der Waals surface area contributed by atoms with Crippen LogP contribution in [-0.4, -0.2) is 30.1 Å². The van der Waals surface area contributed by atoms with Crippen LogP contribution in [0.4, 0.5) is 5.69 Å². The molecule has 2 unspecified atom stereocenters. The van der Waals surface area contributed by atoms with Gasteiger partial charge >= 0.3 is 0 Å². The molecule has 2 N–H and O–H groups in total. The topological polar surface area (TPSA) is 29.3 Å². The Morgan fingerprint density at radius 3 is 2.50 bits per heavy atom. The molecule has 1 saturated heterocycles. The molecule has 0 aliphatic carbocycles. The van der Waals surface area contributed by atoms with Gasteiger partial charge in [-0.3, -0.25) is 0 Å². The van der Waals surface area contributed by atoms with Crippen molar-refractivity contribution < 1.29 is 0 Å². The van der Waals surface area contributed by atoms with Gasteiger partial charge in [-0.2, -0.15) is 11.8 Å². The monoisotopic (exact) mass is 264 g/mol. The highest BCUT2D eigenvalue weighted by Crippen LogP contribution is 2.30. The van der Waals surface area contributed by atoms with E-state index < -0.39 is 0 Å². The van der Waals surface area contributed by atoms with Gasteiger partial charge in [0.05, 0.1) is 0 Å². The average molecular weight is 264 g/mol. The maximum Gasteiger partial charge on any atom is 0.0396 e. The summed E-state index contributed by atoms with van der Waals surface area (Å²) < 4.78 is 0. The van der Waals surface area contributed by atoms with E-state index in [2.05, 4.69) is 55.6 Å². The summed E-state index contributed by atoms with van der Waals surface area (Å²) in [6, 6.07) is 6.79. The molecule has 2 nitrogen and oxygen atoms in total. The molecule has 0 bridgehead atoms. The van der Waals surface area contributed by atoms with Crippen LogP contribution >= 0.6 is 11.8 Å². The van der Waals surface area contributed by atoms with Crippen molar-refractivity contribution >= 4 is 17.4 Å². The number of hydrogen-bond donors (Lipinski definition) is 1. The lowest BCUT2D eigenvalue weighted by atomic mass is 10.1. The van der Waals surface area contributed by atoms with Crippen molar-refractivity contribution in [2.45, 2.75) is 37.7 Å². The minimum Gasteiger partial charge on any atom is -0.369 e. The van der Waals surface area contributed by atoms with Gasteiger partial charge in [-0.05, 0) is 37.1 Å². The second kappa shape index (κ2) is 5.98. The molecule has 0 saturated carbocycles. The van der Waals surface area contributed by atoms with Crippen LogP contribution in [0, 0.1) is 6.92 Å². The zero-order valence-corrected chi connectivity index (χ0v) is 12.5. The van der Waals surface area contributed by atoms with Crippen LogP contribution in [0.5, 0.6) is 0 Å². The molecule has 1 aliphatic heterocycles. The minimum absolute atomic E-state index is 0.719. The zero-order valence-electron chi connectivity index (χ0n) is 11.6. The minimum atomic E-state index is 0.719. The predicted molar refractivity (Wildman–Crippen MR) is 82.7 cm³/mol. The van der Waals surface area contributed by atoms with Gasteiger partial charge in [-0.15, -0.1) is 0 Å². The lowest BCUT2D eigenvalue weighted by molar-refractivity contribution is 0.726. The molecule has 1 aromatic carbocycles. The van der Waals surface area contributed by atoms with E-state index in [1.807, 2.05) is 0 Å². The van der Waals surface area contributed by atoms with Gasteiger partial charge in [0.15, 0.2) is 0 Å². The van der Waals surface area contributed by atoms with Crippen LogP contribution in [0.3, 0.4) is 0 Å². The molecule has 1 heterocycles. The number of nitrogens with zero attached hydrogens (tertiary/aromatic N) is 1. The van der Waals surface area contributed by atoms with Crippen molar-refractivity contribution in [3.63, 3.8) is 0 Å². The quantitative estimate of drug-likeness (QED) is 0.910. The number of thioether (sulfide) groups is 1. The lowest BCUT2D eigenvalue weighted by Crippen LogP contribution is -2.40. The Hall–Kier alpha value is -0.670. The summed E-state index contributed by atoms with van der Waals surface area (Å²) in [5, 5.41) is 1.44. The zero-order chi connectivity index (χ0) is 13.1. The van der Waals surface area contributed by atoms with Gasteiger partial charge in [0, 0.05) is 29.3 Å². The van der Waals surface area contributed by atoms with Crippen LogP contribution in [0.1, 0.15) is 25.0 Å². The number of aryl methyl sites for hydroxylation is 1. The molecule has 1 aromatic rings. The molecule has 100 valence electrons. The van der Waals surface area contributed by atoms with Crippen LogP contribution in [0.15, 0.2) is 18.2 Å². The number of rotatable bonds is 3. The highest BCUT2D eigenvalue weighted by molar-refractivity contribution is 8.00. The van der Waals surface area contributed by atoms with Crippen molar-refractivity contribution in [1.29, 1.82) is 0 Å². The van der Waals surface area contributed by atoms with Gasteiger partial charge < -0.3 is 10.6 Å². The second-order valence-corrected chi connectivity index (χ2v) is 7.20. The average Bonchev–Trinajstić information content (AvgIpc) is 2.28. The molecule has 2 atom stereocenters. The standard InChI is InChI=1S/C15H24N2S/c1-11-8-14(6-7-16)4-5-15(11)17-9-12(2)18-13(3)10-17/h4-5,8,12-13H,6-7,9-10,16H2,1-3H3. The molecule has 1 aliphatic rings. The maximum absolute atomic E-state index is 5.61. The smallest absolute Gasteiger partial charge is 0.0396 e. The number of benzene rings is 1. The molecule has 0 amide bonds. The van der Waals surface area contributed by atoms with E-state index in [0.29, 0.717) is 0 Å². The molecule has 0 aromatic heterocycles. The third-order valence-corrected chi connectivity index (χ3v) is 4.68. The summed E-state index contributed by atoms with van der Waals surface area (Å²) in [5.74, 6) is 0. The molecule has 0 radical (unpaired) electrons. The summed E-state index contributed by atoms with van der Waals surface area (Å²) in [7, 11) is 0. The first-order valence-corrected chi connectivity index (χ1v) is 7.74. The molecule has 2 rings (SSSR count). The van der Waals surface area contributed by atoms with E-state index >= 15 is 0 Å². The summed E-state index contributed by atoms with van der Waals surface area (Å²) in [6.07, 6.45) is 0.976. The predicted octanol–water partition coefficient (Wildman–Crippen LogP) is 2.83. The largest absolute Gasteiger partial charge is 0.369 e. The fourth-order valence-corrected chi connectivity index (χ4v) is 4.09. The Morgan fingerprint density at radius 1 is 1.28 bits per heavy atom. The van der Waals surface area contributed by atoms with Crippen molar-refractivity contribution in [2.24, 2.45) is 5.73 Å². The first-order chi connectivity index (χ1) is 8.60.